The highest BCUT2D eigenvalue weighted by Gasteiger charge is 2.07. The second kappa shape index (κ2) is 7.74. The topological polar surface area (TPSA) is 29.5 Å². The van der Waals surface area contributed by atoms with Crippen LogP contribution in [0.25, 0.3) is 0 Å². The van der Waals surface area contributed by atoms with Crippen LogP contribution in [0.4, 0.5) is 0 Å². The van der Waals surface area contributed by atoms with Crippen molar-refractivity contribution in [2.75, 3.05) is 20.7 Å². The summed E-state index contributed by atoms with van der Waals surface area (Å²) in [5, 5.41) is 0. The Morgan fingerprint density at radius 1 is 1.37 bits per heavy atom. The molecule has 0 spiro atoms. The van der Waals surface area contributed by atoms with Crippen LogP contribution in [0.2, 0.25) is 0 Å². The van der Waals surface area contributed by atoms with E-state index in [0.717, 1.165) is 18.7 Å². The standard InChI is InChI=1S/C16H23NO2/c1-5-14(16(18)19-4)10-11-17(3)12-15-9-7-6-8-13(15)2/h6-10H,5,11-12H2,1-4H3. The third-order valence-electron chi connectivity index (χ3n) is 3.18. The Morgan fingerprint density at radius 3 is 2.63 bits per heavy atom. The molecule has 1 aromatic rings. The van der Waals surface area contributed by atoms with Crippen LogP contribution in [-0.4, -0.2) is 31.6 Å². The molecule has 3 nitrogen and oxygen atoms in total. The largest absolute Gasteiger partial charge is 0.466 e. The number of aryl methyl sites for hydroxylation is 1. The fourth-order valence-corrected chi connectivity index (χ4v) is 1.91. The summed E-state index contributed by atoms with van der Waals surface area (Å²) < 4.78 is 4.75. The molecule has 19 heavy (non-hydrogen) atoms. The number of hydrogen-bond donors (Lipinski definition) is 0. The molecular weight excluding hydrogens is 238 g/mol. The average molecular weight is 261 g/mol. The number of carbonyl (C=O) groups excluding carboxylic acids is 1. The van der Waals surface area contributed by atoms with E-state index >= 15 is 0 Å². The van der Waals surface area contributed by atoms with Gasteiger partial charge in [0, 0.05) is 18.7 Å². The van der Waals surface area contributed by atoms with E-state index in [1.54, 1.807) is 0 Å². The van der Waals surface area contributed by atoms with Gasteiger partial charge in [0.15, 0.2) is 0 Å². The maximum atomic E-state index is 11.5. The molecule has 0 heterocycles. The van der Waals surface area contributed by atoms with Gasteiger partial charge in [-0.1, -0.05) is 37.3 Å². The molecule has 0 bridgehead atoms. The van der Waals surface area contributed by atoms with Gasteiger partial charge in [0.2, 0.25) is 0 Å². The predicted molar refractivity (Wildman–Crippen MR) is 77.9 cm³/mol. The molecule has 0 aliphatic heterocycles. The van der Waals surface area contributed by atoms with Gasteiger partial charge in [-0.05, 0) is 31.5 Å². The molecule has 0 aliphatic carbocycles. The van der Waals surface area contributed by atoms with Gasteiger partial charge in [-0.3, -0.25) is 4.90 Å². The highest BCUT2D eigenvalue weighted by atomic mass is 16.5. The zero-order chi connectivity index (χ0) is 14.3. The lowest BCUT2D eigenvalue weighted by Crippen LogP contribution is -2.19. The molecule has 0 saturated carbocycles. The van der Waals surface area contributed by atoms with Crippen LogP contribution >= 0.6 is 0 Å². The molecule has 3 heteroatoms. The van der Waals surface area contributed by atoms with Crippen molar-refractivity contribution in [1.29, 1.82) is 0 Å². The average Bonchev–Trinajstić information content (AvgIpc) is 2.41. The van der Waals surface area contributed by atoms with E-state index < -0.39 is 0 Å². The monoisotopic (exact) mass is 261 g/mol. The van der Waals surface area contributed by atoms with Crippen molar-refractivity contribution in [2.24, 2.45) is 0 Å². The van der Waals surface area contributed by atoms with Crippen LogP contribution in [-0.2, 0) is 16.1 Å². The molecule has 0 N–H and O–H groups in total. The zero-order valence-electron chi connectivity index (χ0n) is 12.3. The number of carbonyl (C=O) groups is 1. The van der Waals surface area contributed by atoms with Gasteiger partial charge >= 0.3 is 5.97 Å². The molecule has 0 aromatic heterocycles. The first-order valence-electron chi connectivity index (χ1n) is 6.58. The Morgan fingerprint density at radius 2 is 2.05 bits per heavy atom. The number of rotatable bonds is 6. The van der Waals surface area contributed by atoms with Gasteiger partial charge in [-0.15, -0.1) is 0 Å². The Kier molecular flexibility index (Phi) is 6.30. The van der Waals surface area contributed by atoms with Crippen LogP contribution in [0.15, 0.2) is 35.9 Å². The van der Waals surface area contributed by atoms with Crippen molar-refractivity contribution < 1.29 is 9.53 Å². The summed E-state index contributed by atoms with van der Waals surface area (Å²) in [5.41, 5.74) is 3.34. The summed E-state index contributed by atoms with van der Waals surface area (Å²) in [6, 6.07) is 8.35. The van der Waals surface area contributed by atoms with Gasteiger partial charge in [-0.2, -0.15) is 0 Å². The quantitative estimate of drug-likeness (QED) is 0.582. The van der Waals surface area contributed by atoms with E-state index in [-0.39, 0.29) is 5.97 Å². The van der Waals surface area contributed by atoms with Crippen molar-refractivity contribution in [3.8, 4) is 0 Å². The minimum atomic E-state index is -0.230. The Balaban J connectivity index is 2.60. The van der Waals surface area contributed by atoms with Crippen molar-refractivity contribution in [3.05, 3.63) is 47.0 Å². The van der Waals surface area contributed by atoms with E-state index in [9.17, 15) is 4.79 Å². The smallest absolute Gasteiger partial charge is 0.333 e. The lowest BCUT2D eigenvalue weighted by Gasteiger charge is -2.16. The Hall–Kier alpha value is -1.61. The number of benzene rings is 1. The van der Waals surface area contributed by atoms with Crippen LogP contribution in [0.1, 0.15) is 24.5 Å². The fourth-order valence-electron chi connectivity index (χ4n) is 1.91. The number of nitrogens with zero attached hydrogens (tertiary/aromatic N) is 1. The molecule has 1 rings (SSSR count). The first kappa shape index (κ1) is 15.4. The van der Waals surface area contributed by atoms with Crippen molar-refractivity contribution in [2.45, 2.75) is 26.8 Å². The van der Waals surface area contributed by atoms with Crippen LogP contribution in [0.3, 0.4) is 0 Å². The lowest BCUT2D eigenvalue weighted by molar-refractivity contribution is -0.136. The third-order valence-corrected chi connectivity index (χ3v) is 3.18. The van der Waals surface area contributed by atoms with Gasteiger partial charge in [-0.25, -0.2) is 4.79 Å². The Labute approximate surface area is 115 Å². The third kappa shape index (κ3) is 4.87. The molecule has 0 saturated heterocycles. The highest BCUT2D eigenvalue weighted by molar-refractivity contribution is 5.88. The summed E-state index contributed by atoms with van der Waals surface area (Å²) in [6.07, 6.45) is 2.65. The van der Waals surface area contributed by atoms with Crippen molar-refractivity contribution in [1.82, 2.24) is 4.90 Å². The van der Waals surface area contributed by atoms with E-state index in [2.05, 4.69) is 30.0 Å². The van der Waals surface area contributed by atoms with E-state index in [1.165, 1.54) is 18.2 Å². The summed E-state index contributed by atoms with van der Waals surface area (Å²) in [7, 11) is 3.47. The normalized spacial score (nSPS) is 11.7. The van der Waals surface area contributed by atoms with Gasteiger partial charge in [0.1, 0.15) is 0 Å². The van der Waals surface area contributed by atoms with E-state index in [4.69, 9.17) is 4.74 Å². The van der Waals surface area contributed by atoms with Gasteiger partial charge in [0.25, 0.3) is 0 Å². The highest BCUT2D eigenvalue weighted by Crippen LogP contribution is 2.10. The van der Waals surface area contributed by atoms with Crippen LogP contribution < -0.4 is 0 Å². The summed E-state index contributed by atoms with van der Waals surface area (Å²) >= 11 is 0. The maximum Gasteiger partial charge on any atom is 0.333 e. The lowest BCUT2D eigenvalue weighted by atomic mass is 10.1. The van der Waals surface area contributed by atoms with Crippen LogP contribution in [0, 0.1) is 6.92 Å². The summed E-state index contributed by atoms with van der Waals surface area (Å²) in [4.78, 5) is 13.6. The SMILES string of the molecule is CCC(=CCN(C)Cc1ccccc1C)C(=O)OC. The van der Waals surface area contributed by atoms with Crippen molar-refractivity contribution >= 4 is 5.97 Å². The first-order valence-corrected chi connectivity index (χ1v) is 6.58. The number of likely N-dealkylation sites (N-methyl/N-ethyl adjacent to an activating group) is 1. The van der Waals surface area contributed by atoms with Gasteiger partial charge in [0.05, 0.1) is 7.11 Å². The molecular formula is C16H23NO2. The predicted octanol–water partition coefficient (Wildman–Crippen LogP) is 2.94. The first-order chi connectivity index (χ1) is 9.08. The van der Waals surface area contributed by atoms with Crippen LogP contribution in [0.5, 0.6) is 0 Å². The summed E-state index contributed by atoms with van der Waals surface area (Å²) in [6.45, 7) is 5.70. The molecule has 0 amide bonds. The molecule has 0 unspecified atom stereocenters. The number of methoxy groups -OCH3 is 1. The van der Waals surface area contributed by atoms with Gasteiger partial charge < -0.3 is 4.74 Å². The minimum Gasteiger partial charge on any atom is -0.466 e. The molecule has 104 valence electrons. The minimum absolute atomic E-state index is 0.230. The maximum absolute atomic E-state index is 11.5. The zero-order valence-corrected chi connectivity index (χ0v) is 12.3. The van der Waals surface area contributed by atoms with E-state index in [0.29, 0.717) is 6.42 Å². The molecule has 1 aromatic carbocycles. The molecule has 0 fully saturated rings. The second-order valence-corrected chi connectivity index (χ2v) is 4.70. The fraction of sp³-hybridized carbons (Fsp3) is 0.438. The second-order valence-electron chi connectivity index (χ2n) is 4.70. The summed E-state index contributed by atoms with van der Waals surface area (Å²) in [5.74, 6) is -0.230. The Bertz CT molecular complexity index is 452. The van der Waals surface area contributed by atoms with Crippen molar-refractivity contribution in [3.63, 3.8) is 0 Å². The molecule has 0 atom stereocenters. The van der Waals surface area contributed by atoms with E-state index in [1.807, 2.05) is 26.1 Å². The molecule has 0 aliphatic rings. The number of esters is 1. The number of hydrogen-bond acceptors (Lipinski definition) is 3. The molecule has 0 radical (unpaired) electrons. The number of ether oxygens (including phenoxy) is 1.